The van der Waals surface area contributed by atoms with E-state index in [1.165, 1.54) is 0 Å². The smallest absolute Gasteiger partial charge is 0.349 e. The quantitative estimate of drug-likeness (QED) is 0.565. The lowest BCUT2D eigenvalue weighted by Gasteiger charge is -2.55. The van der Waals surface area contributed by atoms with Crippen molar-refractivity contribution in [1.29, 1.82) is 0 Å². The molecule has 4 atom stereocenters. The molecule has 0 aliphatic carbocycles. The van der Waals surface area contributed by atoms with E-state index in [9.17, 15) is 10.2 Å². The highest BCUT2D eigenvalue weighted by atomic mass is 28.4. The first-order chi connectivity index (χ1) is 10.5. The number of fused-ring (bicyclic) bond motifs is 1. The lowest BCUT2D eigenvalue weighted by Crippen LogP contribution is -2.65. The van der Waals surface area contributed by atoms with Crippen LogP contribution >= 0.6 is 0 Å². The van der Waals surface area contributed by atoms with E-state index in [0.717, 1.165) is 0 Å². The first-order valence-electron chi connectivity index (χ1n) is 8.44. The van der Waals surface area contributed by atoms with Gasteiger partial charge in [0, 0.05) is 10.1 Å². The van der Waals surface area contributed by atoms with E-state index in [4.69, 9.17) is 13.6 Å². The summed E-state index contributed by atoms with van der Waals surface area (Å²) in [6.07, 6.45) is 2.50. The summed E-state index contributed by atoms with van der Waals surface area (Å²) in [5, 5.41) is 19.3. The minimum atomic E-state index is -2.52. The van der Waals surface area contributed by atoms with Crippen LogP contribution in [-0.4, -0.2) is 56.4 Å². The third-order valence-electron chi connectivity index (χ3n) is 4.77. The van der Waals surface area contributed by atoms with Crippen LogP contribution in [0.1, 0.15) is 48.0 Å². The summed E-state index contributed by atoms with van der Waals surface area (Å²) in [7, 11) is -2.52. The van der Waals surface area contributed by atoms with Crippen molar-refractivity contribution in [2.45, 2.75) is 82.5 Å². The summed E-state index contributed by atoms with van der Waals surface area (Å²) in [5.41, 5.74) is 0. The van der Waals surface area contributed by atoms with E-state index >= 15 is 0 Å². The molecule has 2 N–H and O–H groups in total. The first kappa shape index (κ1) is 19.1. The van der Waals surface area contributed by atoms with Crippen molar-refractivity contribution in [3.63, 3.8) is 0 Å². The Hall–Kier alpha value is -0.243. The van der Waals surface area contributed by atoms with Crippen LogP contribution in [-0.2, 0) is 13.6 Å². The zero-order chi connectivity index (χ0) is 17.5. The molecule has 0 aromatic heterocycles. The Balaban J connectivity index is 2.30. The SMILES string of the molecule is CC(C)(C)[Si]1(C(C)(C)C)OC[C@@H]2O[C@H](CO)[C@@H](O)/C=C\C[C@H]2O1. The molecule has 1 saturated heterocycles. The van der Waals surface area contributed by atoms with Crippen LogP contribution in [0.2, 0.25) is 10.1 Å². The Morgan fingerprint density at radius 3 is 2.22 bits per heavy atom. The topological polar surface area (TPSA) is 68.2 Å². The van der Waals surface area contributed by atoms with E-state index in [0.29, 0.717) is 13.0 Å². The van der Waals surface area contributed by atoms with Crippen LogP contribution < -0.4 is 0 Å². The summed E-state index contributed by atoms with van der Waals surface area (Å²) in [5.74, 6) is 0. The summed E-state index contributed by atoms with van der Waals surface area (Å²) in [4.78, 5) is 0. The van der Waals surface area contributed by atoms with Gasteiger partial charge >= 0.3 is 8.56 Å². The third-order valence-corrected chi connectivity index (χ3v) is 9.93. The van der Waals surface area contributed by atoms with Crippen LogP contribution in [0.25, 0.3) is 0 Å². The van der Waals surface area contributed by atoms with Gasteiger partial charge in [0.2, 0.25) is 0 Å². The molecule has 134 valence electrons. The van der Waals surface area contributed by atoms with Gasteiger partial charge in [-0.3, -0.25) is 0 Å². The fourth-order valence-corrected chi connectivity index (χ4v) is 8.76. The summed E-state index contributed by atoms with van der Waals surface area (Å²) < 4.78 is 18.9. The van der Waals surface area contributed by atoms with Crippen molar-refractivity contribution in [2.75, 3.05) is 13.2 Å². The average Bonchev–Trinajstić information content (AvgIpc) is 2.40. The van der Waals surface area contributed by atoms with Gasteiger partial charge in [-0.25, -0.2) is 0 Å². The van der Waals surface area contributed by atoms with Crippen molar-refractivity contribution >= 4 is 8.56 Å². The summed E-state index contributed by atoms with van der Waals surface area (Å²) in [6.45, 7) is 13.3. The number of hydrogen-bond acceptors (Lipinski definition) is 5. The molecule has 0 aromatic rings. The Bertz CT molecular complexity index is 423. The second kappa shape index (κ2) is 6.58. The van der Waals surface area contributed by atoms with Crippen LogP contribution in [0.15, 0.2) is 12.2 Å². The second-order valence-corrected chi connectivity index (χ2v) is 13.4. The minimum Gasteiger partial charge on any atom is -0.394 e. The first-order valence-corrected chi connectivity index (χ1v) is 10.3. The molecule has 1 fully saturated rings. The molecule has 0 bridgehead atoms. The molecule has 0 aromatic carbocycles. The number of aliphatic hydroxyl groups is 2. The predicted octanol–water partition coefficient (Wildman–Crippen LogP) is 2.51. The Morgan fingerprint density at radius 2 is 1.70 bits per heavy atom. The zero-order valence-corrected chi connectivity index (χ0v) is 16.2. The predicted molar refractivity (Wildman–Crippen MR) is 91.5 cm³/mol. The molecule has 2 heterocycles. The van der Waals surface area contributed by atoms with Gasteiger partial charge in [-0.15, -0.1) is 0 Å². The number of ether oxygens (including phenoxy) is 1. The molecule has 0 amide bonds. The molecular formula is C17H32O5Si. The largest absolute Gasteiger partial charge is 0.394 e. The molecule has 0 spiro atoms. The lowest BCUT2D eigenvalue weighted by atomic mass is 10.1. The third kappa shape index (κ3) is 3.57. The normalized spacial score (nSPS) is 36.7. The van der Waals surface area contributed by atoms with Gasteiger partial charge in [0.25, 0.3) is 0 Å². The number of rotatable bonds is 1. The van der Waals surface area contributed by atoms with Gasteiger partial charge in [-0.1, -0.05) is 53.7 Å². The molecular weight excluding hydrogens is 312 g/mol. The van der Waals surface area contributed by atoms with Crippen molar-refractivity contribution in [2.24, 2.45) is 0 Å². The molecule has 0 radical (unpaired) electrons. The van der Waals surface area contributed by atoms with Crippen LogP contribution in [0.4, 0.5) is 0 Å². The van der Waals surface area contributed by atoms with Crippen LogP contribution in [0.3, 0.4) is 0 Å². The highest BCUT2D eigenvalue weighted by Gasteiger charge is 2.62. The lowest BCUT2D eigenvalue weighted by molar-refractivity contribution is -0.159. The number of aliphatic hydroxyl groups excluding tert-OH is 2. The summed E-state index contributed by atoms with van der Waals surface area (Å²) >= 11 is 0. The highest BCUT2D eigenvalue weighted by Crippen LogP contribution is 2.54. The molecule has 2 aliphatic heterocycles. The minimum absolute atomic E-state index is 0.0712. The molecule has 6 heteroatoms. The molecule has 2 aliphatic rings. The van der Waals surface area contributed by atoms with Crippen molar-refractivity contribution < 1.29 is 23.8 Å². The monoisotopic (exact) mass is 344 g/mol. The van der Waals surface area contributed by atoms with Crippen LogP contribution in [0, 0.1) is 0 Å². The second-order valence-electron chi connectivity index (χ2n) is 8.63. The van der Waals surface area contributed by atoms with Crippen molar-refractivity contribution in [3.05, 3.63) is 12.2 Å². The van der Waals surface area contributed by atoms with Gasteiger partial charge < -0.3 is 23.8 Å². The zero-order valence-electron chi connectivity index (χ0n) is 15.2. The fourth-order valence-electron chi connectivity index (χ4n) is 3.80. The fraction of sp³-hybridized carbons (Fsp3) is 0.882. The molecule has 0 saturated carbocycles. The van der Waals surface area contributed by atoms with E-state index in [-0.39, 0.29) is 28.9 Å². The van der Waals surface area contributed by atoms with Crippen molar-refractivity contribution in [3.8, 4) is 0 Å². The highest BCUT2D eigenvalue weighted by molar-refractivity contribution is 6.73. The Kier molecular flexibility index (Phi) is 5.46. The summed E-state index contributed by atoms with van der Waals surface area (Å²) in [6, 6.07) is 0. The molecule has 2 rings (SSSR count). The van der Waals surface area contributed by atoms with Crippen molar-refractivity contribution in [1.82, 2.24) is 0 Å². The Labute approximate surface area is 140 Å². The maximum Gasteiger partial charge on any atom is 0.349 e. The van der Waals surface area contributed by atoms with Gasteiger partial charge in [-0.2, -0.15) is 0 Å². The maximum atomic E-state index is 9.98. The van der Waals surface area contributed by atoms with Gasteiger partial charge in [0.15, 0.2) is 0 Å². The van der Waals surface area contributed by atoms with Gasteiger partial charge in [-0.05, 0) is 6.42 Å². The molecule has 23 heavy (non-hydrogen) atoms. The van der Waals surface area contributed by atoms with Gasteiger partial charge in [0.05, 0.1) is 19.3 Å². The molecule has 5 nitrogen and oxygen atoms in total. The van der Waals surface area contributed by atoms with E-state index in [1.54, 1.807) is 6.08 Å². The van der Waals surface area contributed by atoms with Gasteiger partial charge in [0.1, 0.15) is 18.3 Å². The van der Waals surface area contributed by atoms with E-state index < -0.39 is 20.8 Å². The van der Waals surface area contributed by atoms with E-state index in [2.05, 4.69) is 41.5 Å². The molecule has 0 unspecified atom stereocenters. The number of hydrogen-bond donors (Lipinski definition) is 2. The van der Waals surface area contributed by atoms with Crippen LogP contribution in [0.5, 0.6) is 0 Å². The Morgan fingerprint density at radius 1 is 1.09 bits per heavy atom. The average molecular weight is 345 g/mol. The standard InChI is InChI=1S/C17H32O5Si/c1-16(2,3)23(17(4,5)6)20-11-15-13(22-23)9-7-8-12(19)14(10-18)21-15/h7-8,12-15,18-19H,9-11H2,1-6H3/b8-7-/t12-,13+,14+,15-/m0/s1. The van der Waals surface area contributed by atoms with E-state index in [1.807, 2.05) is 6.08 Å². The maximum absolute atomic E-state index is 9.98.